The van der Waals surface area contributed by atoms with Crippen LogP contribution in [0.3, 0.4) is 0 Å². The number of amides is 1. The van der Waals surface area contributed by atoms with Crippen molar-refractivity contribution in [1.82, 2.24) is 19.6 Å². The smallest absolute Gasteiger partial charge is 0.350 e. The molecule has 2 aromatic heterocycles. The van der Waals surface area contributed by atoms with Crippen LogP contribution in [0, 0.1) is 0 Å². The fourth-order valence-corrected chi connectivity index (χ4v) is 1.61. The molecule has 0 atom stereocenters. The first-order valence-electron chi connectivity index (χ1n) is 6.39. The van der Waals surface area contributed by atoms with Gasteiger partial charge in [0, 0.05) is 12.7 Å². The normalized spacial score (nSPS) is 11.6. The zero-order valence-corrected chi connectivity index (χ0v) is 11.7. The summed E-state index contributed by atoms with van der Waals surface area (Å²) >= 11 is 0. The Morgan fingerprint density at radius 2 is 2.18 bits per heavy atom. The van der Waals surface area contributed by atoms with Gasteiger partial charge < -0.3 is 10.1 Å². The van der Waals surface area contributed by atoms with Gasteiger partial charge in [-0.25, -0.2) is 4.68 Å². The zero-order valence-electron chi connectivity index (χ0n) is 11.7. The fourth-order valence-electron chi connectivity index (χ4n) is 1.61. The Balaban J connectivity index is 1.87. The Bertz CT molecular complexity index is 635. The summed E-state index contributed by atoms with van der Waals surface area (Å²) in [7, 11) is 0. The van der Waals surface area contributed by atoms with Crippen LogP contribution < -0.4 is 5.32 Å². The third-order valence-corrected chi connectivity index (χ3v) is 2.58. The average molecular weight is 317 g/mol. The van der Waals surface area contributed by atoms with E-state index in [1.807, 2.05) is 6.92 Å². The number of ether oxygens (including phenoxy) is 1. The van der Waals surface area contributed by atoms with Crippen molar-refractivity contribution in [2.45, 2.75) is 26.4 Å². The topological polar surface area (TPSA) is 74.0 Å². The third kappa shape index (κ3) is 4.58. The second kappa shape index (κ2) is 6.60. The van der Waals surface area contributed by atoms with Crippen molar-refractivity contribution in [3.05, 3.63) is 30.4 Å². The van der Waals surface area contributed by atoms with Gasteiger partial charge in [-0.05, 0) is 13.0 Å². The van der Waals surface area contributed by atoms with Crippen LogP contribution in [-0.2, 0) is 18.0 Å². The number of aromatic nitrogens is 4. The van der Waals surface area contributed by atoms with Crippen molar-refractivity contribution in [3.8, 4) is 0 Å². The summed E-state index contributed by atoms with van der Waals surface area (Å²) in [5.74, 6) is -0.428. The van der Waals surface area contributed by atoms with Crippen molar-refractivity contribution >= 4 is 11.6 Å². The fraction of sp³-hybridized carbons (Fsp3) is 0.417. The molecule has 2 heterocycles. The first-order chi connectivity index (χ1) is 10.4. The molecule has 10 heteroatoms. The van der Waals surface area contributed by atoms with Crippen LogP contribution in [0.15, 0.2) is 24.7 Å². The van der Waals surface area contributed by atoms with Gasteiger partial charge >= 0.3 is 6.18 Å². The number of aryl methyl sites for hydroxylation is 1. The van der Waals surface area contributed by atoms with Gasteiger partial charge in [-0.1, -0.05) is 0 Å². The summed E-state index contributed by atoms with van der Waals surface area (Å²) in [5, 5.41) is 10.4. The lowest BCUT2D eigenvalue weighted by Gasteiger charge is -2.07. The molecule has 0 bridgehead atoms. The molecule has 0 aliphatic carbocycles. The van der Waals surface area contributed by atoms with Crippen LogP contribution in [0.1, 0.15) is 17.4 Å². The van der Waals surface area contributed by atoms with E-state index in [0.29, 0.717) is 12.2 Å². The summed E-state index contributed by atoms with van der Waals surface area (Å²) in [6, 6.07) is 1.57. The second-order valence-electron chi connectivity index (χ2n) is 4.37. The van der Waals surface area contributed by atoms with E-state index < -0.39 is 18.7 Å². The van der Waals surface area contributed by atoms with E-state index >= 15 is 0 Å². The lowest BCUT2D eigenvalue weighted by Crippen LogP contribution is -2.18. The van der Waals surface area contributed by atoms with Gasteiger partial charge in [-0.15, -0.1) is 0 Å². The van der Waals surface area contributed by atoms with Crippen molar-refractivity contribution in [2.24, 2.45) is 0 Å². The summed E-state index contributed by atoms with van der Waals surface area (Å²) in [4.78, 5) is 11.9. The Kier molecular flexibility index (Phi) is 4.81. The summed E-state index contributed by atoms with van der Waals surface area (Å²) < 4.78 is 43.0. The van der Waals surface area contributed by atoms with Crippen molar-refractivity contribution in [2.75, 3.05) is 11.9 Å². The zero-order chi connectivity index (χ0) is 16.2. The molecular formula is C12H14F3N5O2. The third-order valence-electron chi connectivity index (χ3n) is 2.58. The maximum absolute atomic E-state index is 11.9. The highest BCUT2D eigenvalue weighted by molar-refractivity contribution is 6.02. The Morgan fingerprint density at radius 3 is 2.82 bits per heavy atom. The van der Waals surface area contributed by atoms with E-state index in [1.54, 1.807) is 16.9 Å². The molecule has 2 rings (SSSR count). The monoisotopic (exact) mass is 317 g/mol. The number of halogens is 3. The molecule has 0 aromatic carbocycles. The quantitative estimate of drug-likeness (QED) is 0.883. The molecule has 1 N–H and O–H groups in total. The van der Waals surface area contributed by atoms with Crippen LogP contribution in [0.4, 0.5) is 18.9 Å². The largest absolute Gasteiger partial charge is 0.411 e. The van der Waals surface area contributed by atoms with Crippen LogP contribution in [-0.4, -0.2) is 38.3 Å². The summed E-state index contributed by atoms with van der Waals surface area (Å²) in [5.41, 5.74) is 0.578. The van der Waals surface area contributed by atoms with Crippen LogP contribution in [0.25, 0.3) is 0 Å². The van der Waals surface area contributed by atoms with E-state index in [9.17, 15) is 18.0 Å². The van der Waals surface area contributed by atoms with E-state index in [-0.39, 0.29) is 12.4 Å². The molecule has 0 aliphatic rings. The Labute approximate surface area is 123 Å². The first kappa shape index (κ1) is 16.0. The number of hydrogen-bond donors (Lipinski definition) is 1. The minimum Gasteiger partial charge on any atom is -0.350 e. The van der Waals surface area contributed by atoms with E-state index in [4.69, 9.17) is 0 Å². The molecule has 120 valence electrons. The highest BCUT2D eigenvalue weighted by Gasteiger charge is 2.27. The predicted molar refractivity (Wildman–Crippen MR) is 70.1 cm³/mol. The molecule has 1 amide bonds. The molecule has 0 saturated carbocycles. The molecular weight excluding hydrogens is 303 g/mol. The lowest BCUT2D eigenvalue weighted by molar-refractivity contribution is -0.182. The van der Waals surface area contributed by atoms with Gasteiger partial charge in [0.2, 0.25) is 0 Å². The van der Waals surface area contributed by atoms with E-state index in [1.165, 1.54) is 12.4 Å². The van der Waals surface area contributed by atoms with Crippen molar-refractivity contribution in [3.63, 3.8) is 0 Å². The van der Waals surface area contributed by atoms with Gasteiger partial charge in [0.25, 0.3) is 5.91 Å². The highest BCUT2D eigenvalue weighted by atomic mass is 19.4. The van der Waals surface area contributed by atoms with E-state index in [2.05, 4.69) is 20.3 Å². The maximum Gasteiger partial charge on any atom is 0.411 e. The molecule has 0 unspecified atom stereocenters. The minimum absolute atomic E-state index is 0.239. The maximum atomic E-state index is 11.9. The molecule has 0 fully saturated rings. The number of nitrogens with zero attached hydrogens (tertiary/aromatic N) is 4. The second-order valence-corrected chi connectivity index (χ2v) is 4.37. The number of carbonyl (C=O) groups is 1. The Morgan fingerprint density at radius 1 is 1.41 bits per heavy atom. The molecule has 0 radical (unpaired) electrons. The number of rotatable bonds is 6. The first-order valence-corrected chi connectivity index (χ1v) is 6.39. The number of hydrogen-bond acceptors (Lipinski definition) is 4. The average Bonchev–Trinajstić information content (AvgIpc) is 3.06. The molecule has 0 saturated heterocycles. The Hall–Kier alpha value is -2.36. The number of nitrogens with one attached hydrogen (secondary N) is 1. The molecule has 0 aliphatic heterocycles. The number of carbonyl (C=O) groups excluding carboxylic acids is 1. The SMILES string of the molecule is CCn1ccc(C(=O)Nc2cnn(COCC(F)(F)F)c2)n1. The minimum atomic E-state index is -4.39. The summed E-state index contributed by atoms with van der Waals surface area (Å²) in [6.07, 6.45) is -0.0393. The summed E-state index contributed by atoms with van der Waals surface area (Å²) in [6.45, 7) is 0.810. The van der Waals surface area contributed by atoms with Crippen LogP contribution >= 0.6 is 0 Å². The van der Waals surface area contributed by atoms with Crippen molar-refractivity contribution < 1.29 is 22.7 Å². The van der Waals surface area contributed by atoms with E-state index in [0.717, 1.165) is 4.68 Å². The highest BCUT2D eigenvalue weighted by Crippen LogP contribution is 2.15. The van der Waals surface area contributed by atoms with Gasteiger partial charge in [0.1, 0.15) is 13.3 Å². The van der Waals surface area contributed by atoms with Crippen LogP contribution in [0.2, 0.25) is 0 Å². The standard InChI is InChI=1S/C12H14F3N5O2/c1-2-19-4-3-10(18-19)11(21)17-9-5-16-20(6-9)8-22-7-12(13,14)15/h3-6H,2,7-8H2,1H3,(H,17,21). The molecule has 22 heavy (non-hydrogen) atoms. The lowest BCUT2D eigenvalue weighted by atomic mass is 10.4. The van der Waals surface area contributed by atoms with Gasteiger partial charge in [0.05, 0.1) is 18.1 Å². The van der Waals surface area contributed by atoms with Gasteiger partial charge in [-0.3, -0.25) is 9.48 Å². The van der Waals surface area contributed by atoms with Gasteiger partial charge in [0.15, 0.2) is 5.69 Å². The number of alkyl halides is 3. The van der Waals surface area contributed by atoms with Gasteiger partial charge in [-0.2, -0.15) is 23.4 Å². The van der Waals surface area contributed by atoms with Crippen molar-refractivity contribution in [1.29, 1.82) is 0 Å². The number of anilines is 1. The molecule has 2 aromatic rings. The predicted octanol–water partition coefficient (Wildman–Crippen LogP) is 1.89. The molecule has 0 spiro atoms. The molecule has 7 nitrogen and oxygen atoms in total. The van der Waals surface area contributed by atoms with Crippen LogP contribution in [0.5, 0.6) is 0 Å².